The third kappa shape index (κ3) is 3.44. The fraction of sp³-hybridized carbons (Fsp3) is 0.571. The zero-order chi connectivity index (χ0) is 14.4. The minimum absolute atomic E-state index is 0.317. The molecular weight excluding hydrogens is 244 g/mol. The normalized spacial score (nSPS) is 11.9. The zero-order valence-corrected chi connectivity index (χ0v) is 12.4. The highest BCUT2D eigenvalue weighted by Gasteiger charge is 2.18. The third-order valence-electron chi connectivity index (χ3n) is 3.31. The molecular formula is C14H24N2O3. The Balaban J connectivity index is 3.17. The lowest BCUT2D eigenvalue weighted by Gasteiger charge is -2.29. The number of hydrogen-bond acceptors (Lipinski definition) is 5. The van der Waals surface area contributed by atoms with Gasteiger partial charge in [-0.25, -0.2) is 0 Å². The van der Waals surface area contributed by atoms with Gasteiger partial charge in [0.15, 0.2) is 11.5 Å². The van der Waals surface area contributed by atoms with Crippen LogP contribution in [0.2, 0.25) is 0 Å². The van der Waals surface area contributed by atoms with Crippen LogP contribution in [-0.4, -0.2) is 41.0 Å². The summed E-state index contributed by atoms with van der Waals surface area (Å²) in [5.74, 6) is 2.09. The lowest BCUT2D eigenvalue weighted by molar-refractivity contribution is 0.349. The van der Waals surface area contributed by atoms with Crippen molar-refractivity contribution in [2.75, 3.05) is 39.8 Å². The van der Waals surface area contributed by atoms with Gasteiger partial charge in [-0.3, -0.25) is 0 Å². The topological polar surface area (TPSA) is 57.0 Å². The van der Waals surface area contributed by atoms with E-state index in [1.807, 2.05) is 19.2 Å². The van der Waals surface area contributed by atoms with E-state index < -0.39 is 0 Å². The summed E-state index contributed by atoms with van der Waals surface area (Å²) >= 11 is 0. The molecule has 1 atom stereocenters. The van der Waals surface area contributed by atoms with Crippen molar-refractivity contribution in [2.45, 2.75) is 19.4 Å². The van der Waals surface area contributed by atoms with Crippen LogP contribution >= 0.6 is 0 Å². The molecule has 0 aliphatic rings. The maximum atomic E-state index is 5.61. The standard InChI is InChI=1S/C14H24N2O3/c1-10(6-7-15)16(2)11-8-13(18-4)14(19-5)9-12(11)17-3/h8-10H,6-7,15H2,1-5H3. The summed E-state index contributed by atoms with van der Waals surface area (Å²) in [6.07, 6.45) is 0.911. The van der Waals surface area contributed by atoms with Gasteiger partial charge in [-0.15, -0.1) is 0 Å². The van der Waals surface area contributed by atoms with Crippen molar-refractivity contribution in [3.63, 3.8) is 0 Å². The largest absolute Gasteiger partial charge is 0.494 e. The van der Waals surface area contributed by atoms with Gasteiger partial charge in [-0.05, 0) is 19.9 Å². The van der Waals surface area contributed by atoms with Gasteiger partial charge >= 0.3 is 0 Å². The van der Waals surface area contributed by atoms with Crippen LogP contribution in [0.1, 0.15) is 13.3 Å². The highest BCUT2D eigenvalue weighted by atomic mass is 16.5. The van der Waals surface area contributed by atoms with Gasteiger partial charge in [-0.1, -0.05) is 0 Å². The Morgan fingerprint density at radius 3 is 2.05 bits per heavy atom. The number of methoxy groups -OCH3 is 3. The molecule has 5 heteroatoms. The summed E-state index contributed by atoms with van der Waals surface area (Å²) in [7, 11) is 6.89. The predicted octanol–water partition coefficient (Wildman–Crippen LogP) is 1.89. The van der Waals surface area contributed by atoms with Crippen LogP contribution in [0.3, 0.4) is 0 Å². The molecule has 0 saturated heterocycles. The second-order valence-electron chi connectivity index (χ2n) is 4.42. The van der Waals surface area contributed by atoms with E-state index in [1.54, 1.807) is 21.3 Å². The van der Waals surface area contributed by atoms with Crippen molar-refractivity contribution < 1.29 is 14.2 Å². The van der Waals surface area contributed by atoms with Crippen LogP contribution in [0, 0.1) is 0 Å². The highest BCUT2D eigenvalue weighted by molar-refractivity contribution is 5.66. The molecule has 2 N–H and O–H groups in total. The van der Waals surface area contributed by atoms with Gasteiger partial charge in [0.1, 0.15) is 5.75 Å². The monoisotopic (exact) mass is 268 g/mol. The average Bonchev–Trinajstić information content (AvgIpc) is 2.45. The molecule has 0 heterocycles. The summed E-state index contributed by atoms with van der Waals surface area (Å²) in [6, 6.07) is 4.07. The van der Waals surface area contributed by atoms with Gasteiger partial charge < -0.3 is 24.8 Å². The van der Waals surface area contributed by atoms with Crippen molar-refractivity contribution >= 4 is 5.69 Å². The SMILES string of the molecule is COc1cc(OC)c(N(C)C(C)CCN)cc1OC. The van der Waals surface area contributed by atoms with E-state index >= 15 is 0 Å². The lowest BCUT2D eigenvalue weighted by Crippen LogP contribution is -2.31. The molecule has 0 bridgehead atoms. The first kappa shape index (κ1) is 15.4. The first-order valence-electron chi connectivity index (χ1n) is 6.31. The van der Waals surface area contributed by atoms with Crippen molar-refractivity contribution in [2.24, 2.45) is 5.73 Å². The van der Waals surface area contributed by atoms with E-state index in [0.717, 1.165) is 17.9 Å². The molecule has 108 valence electrons. The van der Waals surface area contributed by atoms with Crippen LogP contribution in [0.5, 0.6) is 17.2 Å². The summed E-state index contributed by atoms with van der Waals surface area (Å²) in [4.78, 5) is 2.13. The molecule has 1 rings (SSSR count). The van der Waals surface area contributed by atoms with Gasteiger partial charge in [0, 0.05) is 25.2 Å². The average molecular weight is 268 g/mol. The molecule has 19 heavy (non-hydrogen) atoms. The van der Waals surface area contributed by atoms with Crippen molar-refractivity contribution in [1.29, 1.82) is 0 Å². The van der Waals surface area contributed by atoms with Gasteiger partial charge in [0.25, 0.3) is 0 Å². The van der Waals surface area contributed by atoms with Crippen LogP contribution < -0.4 is 24.8 Å². The molecule has 0 aliphatic heterocycles. The Hall–Kier alpha value is -1.62. The number of ether oxygens (including phenoxy) is 3. The second-order valence-corrected chi connectivity index (χ2v) is 4.42. The van der Waals surface area contributed by atoms with Crippen LogP contribution in [-0.2, 0) is 0 Å². The molecule has 0 amide bonds. The molecule has 0 aromatic heterocycles. The highest BCUT2D eigenvalue weighted by Crippen LogP contribution is 2.40. The van der Waals surface area contributed by atoms with E-state index in [4.69, 9.17) is 19.9 Å². The molecule has 1 aromatic rings. The van der Waals surface area contributed by atoms with Crippen LogP contribution in [0.25, 0.3) is 0 Å². The minimum Gasteiger partial charge on any atom is -0.494 e. The van der Waals surface area contributed by atoms with E-state index in [0.29, 0.717) is 24.1 Å². The summed E-state index contributed by atoms with van der Waals surface area (Å²) in [5.41, 5.74) is 6.57. The van der Waals surface area contributed by atoms with Gasteiger partial charge in [0.2, 0.25) is 0 Å². The number of benzene rings is 1. The van der Waals surface area contributed by atoms with E-state index in [-0.39, 0.29) is 0 Å². The Bertz CT molecular complexity index is 410. The number of rotatable bonds is 7. The first-order valence-corrected chi connectivity index (χ1v) is 6.31. The predicted molar refractivity (Wildman–Crippen MR) is 77.6 cm³/mol. The Labute approximate surface area is 115 Å². The van der Waals surface area contributed by atoms with Crippen molar-refractivity contribution in [1.82, 2.24) is 0 Å². The van der Waals surface area contributed by atoms with E-state index in [2.05, 4.69) is 11.8 Å². The van der Waals surface area contributed by atoms with E-state index in [1.165, 1.54) is 0 Å². The fourth-order valence-corrected chi connectivity index (χ4v) is 1.96. The maximum Gasteiger partial charge on any atom is 0.164 e. The Morgan fingerprint density at radius 2 is 1.58 bits per heavy atom. The van der Waals surface area contributed by atoms with Crippen molar-refractivity contribution in [3.8, 4) is 17.2 Å². The van der Waals surface area contributed by atoms with Crippen LogP contribution in [0.15, 0.2) is 12.1 Å². The number of nitrogens with two attached hydrogens (primary N) is 1. The summed E-state index contributed by atoms with van der Waals surface area (Å²) in [5, 5.41) is 0. The Kier molecular flexibility index (Phi) is 5.76. The minimum atomic E-state index is 0.317. The first-order chi connectivity index (χ1) is 9.08. The molecule has 0 radical (unpaired) electrons. The maximum absolute atomic E-state index is 5.61. The molecule has 0 fully saturated rings. The Morgan fingerprint density at radius 1 is 1.05 bits per heavy atom. The summed E-state index contributed by atoms with van der Waals surface area (Å²) in [6.45, 7) is 2.78. The molecule has 0 aliphatic carbocycles. The molecule has 0 saturated carbocycles. The number of hydrogen-bond donors (Lipinski definition) is 1. The second kappa shape index (κ2) is 7.09. The molecule has 1 aromatic carbocycles. The smallest absolute Gasteiger partial charge is 0.164 e. The molecule has 5 nitrogen and oxygen atoms in total. The van der Waals surface area contributed by atoms with Crippen molar-refractivity contribution in [3.05, 3.63) is 12.1 Å². The third-order valence-corrected chi connectivity index (χ3v) is 3.31. The lowest BCUT2D eigenvalue weighted by atomic mass is 10.1. The zero-order valence-electron chi connectivity index (χ0n) is 12.4. The molecule has 1 unspecified atom stereocenters. The van der Waals surface area contributed by atoms with Gasteiger partial charge in [-0.2, -0.15) is 0 Å². The number of anilines is 1. The quantitative estimate of drug-likeness (QED) is 0.818. The fourth-order valence-electron chi connectivity index (χ4n) is 1.96. The van der Waals surface area contributed by atoms with E-state index in [9.17, 15) is 0 Å². The number of nitrogens with zero attached hydrogens (tertiary/aromatic N) is 1. The molecule has 0 spiro atoms. The van der Waals surface area contributed by atoms with Gasteiger partial charge in [0.05, 0.1) is 27.0 Å². The van der Waals surface area contributed by atoms with Crippen LogP contribution in [0.4, 0.5) is 5.69 Å². The summed E-state index contributed by atoms with van der Waals surface area (Å²) < 4.78 is 16.0.